The Morgan fingerprint density at radius 2 is 1.76 bits per heavy atom. The van der Waals surface area contributed by atoms with E-state index in [1.54, 1.807) is 13.2 Å². The molecule has 0 aromatic heterocycles. The van der Waals surface area contributed by atoms with E-state index in [4.69, 9.17) is 4.74 Å². The predicted octanol–water partition coefficient (Wildman–Crippen LogP) is 4.03. The van der Waals surface area contributed by atoms with E-state index >= 15 is 0 Å². The van der Waals surface area contributed by atoms with Crippen LogP contribution in [0.3, 0.4) is 0 Å². The second kappa shape index (κ2) is 4.91. The van der Waals surface area contributed by atoms with Crippen LogP contribution in [0.2, 0.25) is 0 Å². The number of hydrogen-bond acceptors (Lipinski definition) is 2. The second-order valence-corrected chi connectivity index (χ2v) is 5.41. The zero-order valence-electron chi connectivity index (χ0n) is 11.6. The maximum atomic E-state index is 12.9. The van der Waals surface area contributed by atoms with Gasteiger partial charge in [-0.05, 0) is 29.9 Å². The van der Waals surface area contributed by atoms with Crippen molar-refractivity contribution in [1.29, 1.82) is 0 Å². The predicted molar refractivity (Wildman–Crippen MR) is 75.4 cm³/mol. The molecule has 21 heavy (non-hydrogen) atoms. The summed E-state index contributed by atoms with van der Waals surface area (Å²) in [6, 6.07) is 11.2. The lowest BCUT2D eigenvalue weighted by atomic mass is 10.0. The summed E-state index contributed by atoms with van der Waals surface area (Å²) in [4.78, 5) is 0. The minimum absolute atomic E-state index is 0.157. The first-order valence-corrected chi connectivity index (χ1v) is 6.83. The van der Waals surface area contributed by atoms with Gasteiger partial charge in [0.1, 0.15) is 11.3 Å². The fourth-order valence-electron chi connectivity index (χ4n) is 2.62. The van der Waals surface area contributed by atoms with Gasteiger partial charge in [-0.15, -0.1) is 0 Å². The summed E-state index contributed by atoms with van der Waals surface area (Å²) in [5.74, 6) is 0.728. The first-order chi connectivity index (χ1) is 9.97. The minimum Gasteiger partial charge on any atom is -0.496 e. The highest BCUT2D eigenvalue weighted by Gasteiger charge is 2.62. The highest BCUT2D eigenvalue weighted by Crippen LogP contribution is 2.49. The quantitative estimate of drug-likeness (QED) is 0.919. The maximum Gasteiger partial charge on any atom is 0.406 e. The number of halogens is 3. The molecule has 1 saturated carbocycles. The van der Waals surface area contributed by atoms with E-state index in [2.05, 4.69) is 5.32 Å². The molecule has 0 radical (unpaired) electrons. The van der Waals surface area contributed by atoms with Gasteiger partial charge in [0.25, 0.3) is 0 Å². The molecule has 0 heterocycles. The highest BCUT2D eigenvalue weighted by molar-refractivity contribution is 5.91. The molecule has 2 aromatic rings. The molecule has 5 heteroatoms. The molecule has 2 aromatic carbocycles. The van der Waals surface area contributed by atoms with E-state index in [0.717, 1.165) is 22.1 Å². The Kier molecular flexibility index (Phi) is 3.32. The lowest BCUT2D eigenvalue weighted by Crippen LogP contribution is -2.44. The molecule has 0 atom stereocenters. The summed E-state index contributed by atoms with van der Waals surface area (Å²) < 4.78 is 44.1. The van der Waals surface area contributed by atoms with E-state index in [0.29, 0.717) is 0 Å². The van der Waals surface area contributed by atoms with Gasteiger partial charge in [-0.3, -0.25) is 5.32 Å². The van der Waals surface area contributed by atoms with Crippen LogP contribution in [0.4, 0.5) is 13.2 Å². The number of alkyl halides is 3. The molecule has 0 amide bonds. The van der Waals surface area contributed by atoms with Gasteiger partial charge < -0.3 is 4.74 Å². The standard InChI is InChI=1S/C16H16F3NO/c1-21-14-7-6-11(12-4-2-3-5-13(12)14)10-20-15(8-9-15)16(17,18)19/h2-7,20H,8-10H2,1H3. The van der Waals surface area contributed by atoms with Crippen LogP contribution in [0.15, 0.2) is 36.4 Å². The molecular weight excluding hydrogens is 279 g/mol. The van der Waals surface area contributed by atoms with Crippen molar-refractivity contribution in [1.82, 2.24) is 5.32 Å². The molecule has 1 N–H and O–H groups in total. The van der Waals surface area contributed by atoms with Gasteiger partial charge in [0.15, 0.2) is 0 Å². The third kappa shape index (κ3) is 2.46. The van der Waals surface area contributed by atoms with Gasteiger partial charge >= 0.3 is 6.18 Å². The van der Waals surface area contributed by atoms with Crippen LogP contribution in [0, 0.1) is 0 Å². The number of ether oxygens (including phenoxy) is 1. The van der Waals surface area contributed by atoms with Crippen molar-refractivity contribution >= 4 is 10.8 Å². The van der Waals surface area contributed by atoms with Crippen LogP contribution in [0.5, 0.6) is 5.75 Å². The summed E-state index contributed by atoms with van der Waals surface area (Å²) in [6.07, 6.45) is -3.87. The highest BCUT2D eigenvalue weighted by atomic mass is 19.4. The Balaban J connectivity index is 1.89. The van der Waals surface area contributed by atoms with Crippen molar-refractivity contribution < 1.29 is 17.9 Å². The zero-order valence-corrected chi connectivity index (χ0v) is 11.6. The van der Waals surface area contributed by atoms with Crippen LogP contribution in [-0.2, 0) is 6.54 Å². The third-order valence-corrected chi connectivity index (χ3v) is 4.10. The van der Waals surface area contributed by atoms with Crippen molar-refractivity contribution in [2.75, 3.05) is 7.11 Å². The molecule has 0 saturated heterocycles. The first-order valence-electron chi connectivity index (χ1n) is 6.83. The largest absolute Gasteiger partial charge is 0.496 e. The lowest BCUT2D eigenvalue weighted by molar-refractivity contribution is -0.166. The average Bonchev–Trinajstić information content (AvgIpc) is 3.25. The number of benzene rings is 2. The van der Waals surface area contributed by atoms with Gasteiger partial charge in [-0.1, -0.05) is 30.3 Å². The number of methoxy groups -OCH3 is 1. The average molecular weight is 295 g/mol. The van der Waals surface area contributed by atoms with Crippen LogP contribution < -0.4 is 10.1 Å². The normalized spacial score (nSPS) is 17.0. The molecule has 1 fully saturated rings. The Morgan fingerprint density at radius 1 is 1.10 bits per heavy atom. The zero-order chi connectivity index (χ0) is 15.1. The van der Waals surface area contributed by atoms with E-state index in [9.17, 15) is 13.2 Å². The number of rotatable bonds is 4. The van der Waals surface area contributed by atoms with E-state index < -0.39 is 11.7 Å². The topological polar surface area (TPSA) is 21.3 Å². The number of fused-ring (bicyclic) bond motifs is 1. The van der Waals surface area contributed by atoms with Gasteiger partial charge in [0.2, 0.25) is 0 Å². The SMILES string of the molecule is COc1ccc(CNC2(C(F)(F)F)CC2)c2ccccc12. The summed E-state index contributed by atoms with van der Waals surface area (Å²) in [5, 5.41) is 4.52. The molecular formula is C16H16F3NO. The molecule has 3 rings (SSSR count). The van der Waals surface area contributed by atoms with Gasteiger partial charge in [-0.2, -0.15) is 13.2 Å². The fraction of sp³-hybridized carbons (Fsp3) is 0.375. The minimum atomic E-state index is -4.19. The Morgan fingerprint density at radius 3 is 2.33 bits per heavy atom. The van der Waals surface area contributed by atoms with Crippen LogP contribution in [0.25, 0.3) is 10.8 Å². The molecule has 0 bridgehead atoms. The molecule has 1 aliphatic carbocycles. The summed E-state index contributed by atoms with van der Waals surface area (Å²) in [6.45, 7) is 0.198. The molecule has 2 nitrogen and oxygen atoms in total. The van der Waals surface area contributed by atoms with Gasteiger partial charge in [-0.25, -0.2) is 0 Å². The van der Waals surface area contributed by atoms with Crippen molar-refractivity contribution in [2.45, 2.75) is 31.1 Å². The summed E-state index contributed by atoms with van der Waals surface area (Å²) in [5.41, 5.74) is -0.837. The van der Waals surface area contributed by atoms with Crippen LogP contribution in [0.1, 0.15) is 18.4 Å². The third-order valence-electron chi connectivity index (χ3n) is 4.10. The van der Waals surface area contributed by atoms with Crippen LogP contribution in [-0.4, -0.2) is 18.8 Å². The smallest absolute Gasteiger partial charge is 0.406 e. The van der Waals surface area contributed by atoms with E-state index in [1.165, 1.54) is 0 Å². The maximum absolute atomic E-state index is 12.9. The summed E-state index contributed by atoms with van der Waals surface area (Å²) in [7, 11) is 1.59. The van der Waals surface area contributed by atoms with Crippen LogP contribution >= 0.6 is 0 Å². The Labute approximate surface area is 120 Å². The molecule has 0 spiro atoms. The molecule has 0 unspecified atom stereocenters. The molecule has 1 aliphatic rings. The molecule has 112 valence electrons. The first kappa shape index (κ1) is 14.2. The Bertz CT molecular complexity index is 662. The van der Waals surface area contributed by atoms with Gasteiger partial charge in [0, 0.05) is 11.9 Å². The summed E-state index contributed by atoms with van der Waals surface area (Å²) >= 11 is 0. The Hall–Kier alpha value is -1.75. The number of hydrogen-bond donors (Lipinski definition) is 1. The van der Waals surface area contributed by atoms with Crippen molar-refractivity contribution in [3.63, 3.8) is 0 Å². The van der Waals surface area contributed by atoms with Crippen molar-refractivity contribution in [3.05, 3.63) is 42.0 Å². The van der Waals surface area contributed by atoms with E-state index in [-0.39, 0.29) is 19.4 Å². The lowest BCUT2D eigenvalue weighted by Gasteiger charge is -2.21. The monoisotopic (exact) mass is 295 g/mol. The second-order valence-electron chi connectivity index (χ2n) is 5.41. The van der Waals surface area contributed by atoms with E-state index in [1.807, 2.05) is 30.3 Å². The van der Waals surface area contributed by atoms with Crippen molar-refractivity contribution in [3.8, 4) is 5.75 Å². The fourth-order valence-corrected chi connectivity index (χ4v) is 2.62. The van der Waals surface area contributed by atoms with Crippen molar-refractivity contribution in [2.24, 2.45) is 0 Å². The van der Waals surface area contributed by atoms with Gasteiger partial charge in [0.05, 0.1) is 7.11 Å². The number of nitrogens with one attached hydrogen (secondary N) is 1. The molecule has 0 aliphatic heterocycles.